The molecule has 1 aliphatic rings. The number of hydrogen-bond acceptors (Lipinski definition) is 6. The van der Waals surface area contributed by atoms with E-state index < -0.39 is 11.1 Å². The molecule has 0 saturated carbocycles. The quantitative estimate of drug-likeness (QED) is 0.744. The molecular weight excluding hydrogens is 368 g/mol. The molecule has 0 bridgehead atoms. The van der Waals surface area contributed by atoms with E-state index in [9.17, 15) is 14.4 Å². The van der Waals surface area contributed by atoms with Gasteiger partial charge < -0.3 is 14.8 Å². The second kappa shape index (κ2) is 8.41. The first kappa shape index (κ1) is 18.5. The van der Waals surface area contributed by atoms with Crippen LogP contribution >= 0.6 is 11.8 Å². The van der Waals surface area contributed by atoms with Gasteiger partial charge in [-0.05, 0) is 47.7 Å². The average Bonchev–Trinajstić information content (AvgIpc) is 2.98. The highest BCUT2D eigenvalue weighted by Gasteiger charge is 2.25. The number of amides is 3. The van der Waals surface area contributed by atoms with Crippen LogP contribution in [0.4, 0.5) is 10.5 Å². The van der Waals surface area contributed by atoms with Crippen LogP contribution < -0.4 is 20.1 Å². The Hall–Kier alpha value is -3.26. The van der Waals surface area contributed by atoms with E-state index in [2.05, 4.69) is 10.6 Å². The standard InChI is InChI=1S/C19H16N2O5S/c1-25-15-9-12(10-16-18(23)21-19(24)27-16)7-8-14(15)26-11-17(22)20-13-5-3-2-4-6-13/h2-10H,11H2,1H3,(H,20,22)(H,21,23,24)/b16-10-. The summed E-state index contributed by atoms with van der Waals surface area (Å²) in [5, 5.41) is 4.52. The zero-order valence-corrected chi connectivity index (χ0v) is 15.2. The molecule has 2 aromatic rings. The molecule has 0 unspecified atom stereocenters. The van der Waals surface area contributed by atoms with E-state index in [1.807, 2.05) is 18.2 Å². The van der Waals surface area contributed by atoms with E-state index in [-0.39, 0.29) is 12.5 Å². The first-order valence-electron chi connectivity index (χ1n) is 7.96. The van der Waals surface area contributed by atoms with E-state index in [1.54, 1.807) is 36.4 Å². The summed E-state index contributed by atoms with van der Waals surface area (Å²) in [6.07, 6.45) is 1.58. The molecule has 0 aromatic heterocycles. The molecule has 0 atom stereocenters. The largest absolute Gasteiger partial charge is 0.493 e. The molecule has 2 aromatic carbocycles. The van der Waals surface area contributed by atoms with Crippen molar-refractivity contribution in [3.05, 3.63) is 59.0 Å². The van der Waals surface area contributed by atoms with E-state index in [0.717, 1.165) is 11.8 Å². The fraction of sp³-hybridized carbons (Fsp3) is 0.105. The molecule has 138 valence electrons. The highest BCUT2D eigenvalue weighted by atomic mass is 32.2. The SMILES string of the molecule is COc1cc(/C=C2\SC(=O)NC2=O)ccc1OCC(=O)Nc1ccccc1. The minimum Gasteiger partial charge on any atom is -0.493 e. The van der Waals surface area contributed by atoms with E-state index >= 15 is 0 Å². The maximum absolute atomic E-state index is 12.0. The minimum atomic E-state index is -0.429. The Bertz CT molecular complexity index is 912. The van der Waals surface area contributed by atoms with Gasteiger partial charge in [-0.15, -0.1) is 0 Å². The van der Waals surface area contributed by atoms with Crippen LogP contribution in [0.25, 0.3) is 6.08 Å². The van der Waals surface area contributed by atoms with Crippen LogP contribution in [0.15, 0.2) is 53.4 Å². The van der Waals surface area contributed by atoms with E-state index in [4.69, 9.17) is 9.47 Å². The van der Waals surface area contributed by atoms with Gasteiger partial charge in [0.2, 0.25) is 0 Å². The number of carbonyl (C=O) groups is 3. The zero-order valence-electron chi connectivity index (χ0n) is 14.4. The smallest absolute Gasteiger partial charge is 0.290 e. The third-order valence-electron chi connectivity index (χ3n) is 3.54. The average molecular weight is 384 g/mol. The summed E-state index contributed by atoms with van der Waals surface area (Å²) in [7, 11) is 1.48. The normalized spacial score (nSPS) is 14.8. The second-order valence-electron chi connectivity index (χ2n) is 5.47. The van der Waals surface area contributed by atoms with Gasteiger partial charge in [0.15, 0.2) is 18.1 Å². The molecule has 3 amide bonds. The fourth-order valence-corrected chi connectivity index (χ4v) is 3.01. The highest BCUT2D eigenvalue weighted by molar-refractivity contribution is 8.18. The predicted octanol–water partition coefficient (Wildman–Crippen LogP) is 3.04. The van der Waals surface area contributed by atoms with Gasteiger partial charge in [0.05, 0.1) is 12.0 Å². The number of nitrogens with one attached hydrogen (secondary N) is 2. The van der Waals surface area contributed by atoms with Crippen LogP contribution in [0.3, 0.4) is 0 Å². The zero-order chi connectivity index (χ0) is 19.2. The van der Waals surface area contributed by atoms with Crippen LogP contribution in [0.2, 0.25) is 0 Å². The lowest BCUT2D eigenvalue weighted by atomic mass is 10.2. The third-order valence-corrected chi connectivity index (χ3v) is 4.35. The van der Waals surface area contributed by atoms with Gasteiger partial charge in [-0.2, -0.15) is 0 Å². The number of anilines is 1. The fourth-order valence-electron chi connectivity index (χ4n) is 2.33. The summed E-state index contributed by atoms with van der Waals surface area (Å²) in [5.41, 5.74) is 1.35. The number of hydrogen-bond donors (Lipinski definition) is 2. The number of imide groups is 1. The van der Waals surface area contributed by atoms with Crippen molar-refractivity contribution in [3.8, 4) is 11.5 Å². The van der Waals surface area contributed by atoms with Crippen molar-refractivity contribution < 1.29 is 23.9 Å². The molecule has 8 heteroatoms. The molecule has 1 fully saturated rings. The van der Waals surface area contributed by atoms with Crippen LogP contribution in [0, 0.1) is 0 Å². The Morgan fingerprint density at radius 3 is 2.59 bits per heavy atom. The number of carbonyl (C=O) groups excluding carboxylic acids is 3. The Balaban J connectivity index is 1.66. The molecule has 3 rings (SSSR count). The van der Waals surface area contributed by atoms with Crippen molar-refractivity contribution in [1.82, 2.24) is 5.32 Å². The van der Waals surface area contributed by atoms with Crippen LogP contribution in [0.5, 0.6) is 11.5 Å². The molecule has 1 heterocycles. The molecular formula is C19H16N2O5S. The maximum atomic E-state index is 12.0. The Kier molecular flexibility index (Phi) is 5.77. The van der Waals surface area contributed by atoms with Gasteiger partial charge in [-0.3, -0.25) is 19.7 Å². The van der Waals surface area contributed by atoms with Crippen molar-refractivity contribution in [2.75, 3.05) is 19.0 Å². The summed E-state index contributed by atoms with van der Waals surface area (Å²) in [6.45, 7) is -0.182. The number of para-hydroxylation sites is 1. The van der Waals surface area contributed by atoms with Crippen molar-refractivity contribution in [1.29, 1.82) is 0 Å². The van der Waals surface area contributed by atoms with Crippen molar-refractivity contribution in [3.63, 3.8) is 0 Å². The molecule has 0 aliphatic carbocycles. The van der Waals surface area contributed by atoms with E-state index in [1.165, 1.54) is 7.11 Å². The predicted molar refractivity (Wildman–Crippen MR) is 103 cm³/mol. The second-order valence-corrected chi connectivity index (χ2v) is 6.48. The third kappa shape index (κ3) is 4.89. The lowest BCUT2D eigenvalue weighted by molar-refractivity contribution is -0.118. The van der Waals surface area contributed by atoms with Gasteiger partial charge in [-0.1, -0.05) is 24.3 Å². The number of methoxy groups -OCH3 is 1. The summed E-state index contributed by atoms with van der Waals surface area (Å²) in [4.78, 5) is 35.1. The summed E-state index contributed by atoms with van der Waals surface area (Å²) in [6, 6.07) is 14.1. The lowest BCUT2D eigenvalue weighted by Gasteiger charge is -2.11. The molecule has 0 radical (unpaired) electrons. The van der Waals surface area contributed by atoms with Gasteiger partial charge in [0, 0.05) is 5.69 Å². The number of thioether (sulfide) groups is 1. The lowest BCUT2D eigenvalue weighted by Crippen LogP contribution is -2.20. The van der Waals surface area contributed by atoms with Gasteiger partial charge >= 0.3 is 0 Å². The van der Waals surface area contributed by atoms with Crippen molar-refractivity contribution in [2.45, 2.75) is 0 Å². The van der Waals surface area contributed by atoms with E-state index in [0.29, 0.717) is 27.7 Å². The summed E-state index contributed by atoms with van der Waals surface area (Å²) < 4.78 is 10.8. The molecule has 27 heavy (non-hydrogen) atoms. The minimum absolute atomic E-state index is 0.182. The highest BCUT2D eigenvalue weighted by Crippen LogP contribution is 2.31. The summed E-state index contributed by atoms with van der Waals surface area (Å²) in [5.74, 6) is 0.0721. The Labute approximate surface area is 159 Å². The number of benzene rings is 2. The van der Waals surface area contributed by atoms with Gasteiger partial charge in [0.25, 0.3) is 17.1 Å². The van der Waals surface area contributed by atoms with Crippen LogP contribution in [0.1, 0.15) is 5.56 Å². The number of rotatable bonds is 6. The Morgan fingerprint density at radius 1 is 1.15 bits per heavy atom. The maximum Gasteiger partial charge on any atom is 0.290 e. The molecule has 1 aliphatic heterocycles. The monoisotopic (exact) mass is 384 g/mol. The number of ether oxygens (including phenoxy) is 2. The molecule has 1 saturated heterocycles. The van der Waals surface area contributed by atoms with Crippen LogP contribution in [-0.4, -0.2) is 30.8 Å². The van der Waals surface area contributed by atoms with Crippen molar-refractivity contribution in [2.24, 2.45) is 0 Å². The topological polar surface area (TPSA) is 93.7 Å². The van der Waals surface area contributed by atoms with Gasteiger partial charge in [-0.25, -0.2) is 0 Å². The molecule has 7 nitrogen and oxygen atoms in total. The first-order chi connectivity index (χ1) is 13.0. The first-order valence-corrected chi connectivity index (χ1v) is 8.77. The van der Waals surface area contributed by atoms with Gasteiger partial charge in [0.1, 0.15) is 0 Å². The van der Waals surface area contributed by atoms with Crippen molar-refractivity contribution >= 4 is 40.6 Å². The van der Waals surface area contributed by atoms with Crippen LogP contribution in [-0.2, 0) is 9.59 Å². The summed E-state index contributed by atoms with van der Waals surface area (Å²) >= 11 is 0.838. The molecule has 2 N–H and O–H groups in total. The Morgan fingerprint density at radius 2 is 1.93 bits per heavy atom. The molecule has 0 spiro atoms.